The fourth-order valence-electron chi connectivity index (χ4n) is 3.30. The third kappa shape index (κ3) is 3.47. The molecular weight excluding hydrogens is 418 g/mol. The molecule has 1 N–H and O–H groups in total. The monoisotopic (exact) mass is 432 g/mol. The van der Waals surface area contributed by atoms with Crippen molar-refractivity contribution < 1.29 is 9.50 Å². The summed E-state index contributed by atoms with van der Waals surface area (Å²) in [7, 11) is 1.82. The number of aliphatic hydroxyl groups excluding tert-OH is 1. The summed E-state index contributed by atoms with van der Waals surface area (Å²) in [6, 6.07) is 11.8. The van der Waals surface area contributed by atoms with Gasteiger partial charge >= 0.3 is 0 Å². The van der Waals surface area contributed by atoms with Gasteiger partial charge in [-0.05, 0) is 36.4 Å². The van der Waals surface area contributed by atoms with Crippen LogP contribution in [0.2, 0.25) is 9.36 Å². The number of thiophene rings is 1. The zero-order chi connectivity index (χ0) is 19.8. The maximum atomic E-state index is 14.8. The first kappa shape index (κ1) is 19.2. The Labute approximate surface area is 175 Å². The Kier molecular flexibility index (Phi) is 5.25. The number of pyridine rings is 1. The van der Waals surface area contributed by atoms with Crippen molar-refractivity contribution in [2.24, 2.45) is 7.05 Å². The first-order valence-corrected chi connectivity index (χ1v) is 10.0. The molecule has 1 atom stereocenters. The van der Waals surface area contributed by atoms with E-state index in [0.717, 1.165) is 10.4 Å². The van der Waals surface area contributed by atoms with Crippen molar-refractivity contribution in [1.82, 2.24) is 9.55 Å². The first-order valence-electron chi connectivity index (χ1n) is 8.44. The van der Waals surface area contributed by atoms with E-state index in [-0.39, 0.29) is 0 Å². The zero-order valence-corrected chi connectivity index (χ0v) is 17.1. The molecule has 0 aliphatic carbocycles. The van der Waals surface area contributed by atoms with Crippen molar-refractivity contribution in [3.8, 4) is 21.7 Å². The number of hydrogen-bond acceptors (Lipinski definition) is 3. The second-order valence-electron chi connectivity index (χ2n) is 6.33. The van der Waals surface area contributed by atoms with Gasteiger partial charge in [-0.25, -0.2) is 4.39 Å². The Bertz CT molecular complexity index is 1140. The minimum absolute atomic E-state index is 0.315. The molecule has 3 heterocycles. The van der Waals surface area contributed by atoms with Crippen LogP contribution in [0.15, 0.2) is 61.1 Å². The van der Waals surface area contributed by atoms with Crippen molar-refractivity contribution in [3.05, 3.63) is 87.4 Å². The summed E-state index contributed by atoms with van der Waals surface area (Å²) < 4.78 is 17.2. The number of aromatic nitrogens is 2. The summed E-state index contributed by atoms with van der Waals surface area (Å²) >= 11 is 13.5. The van der Waals surface area contributed by atoms with E-state index < -0.39 is 11.9 Å². The highest BCUT2D eigenvalue weighted by Crippen LogP contribution is 2.43. The number of nitrogens with zero attached hydrogens (tertiary/aromatic N) is 2. The van der Waals surface area contributed by atoms with Crippen molar-refractivity contribution in [2.45, 2.75) is 6.10 Å². The van der Waals surface area contributed by atoms with Gasteiger partial charge in [0, 0.05) is 57.8 Å². The SMILES string of the molecule is Cn1cc(-c2ccc(Cl)s2)c(C(O)c2cccnc2)c1-c1ccc(Cl)cc1F. The highest BCUT2D eigenvalue weighted by Gasteiger charge is 2.26. The molecule has 0 spiro atoms. The minimum atomic E-state index is -0.990. The van der Waals surface area contributed by atoms with Gasteiger partial charge in [-0.1, -0.05) is 29.3 Å². The lowest BCUT2D eigenvalue weighted by Gasteiger charge is -2.16. The Morgan fingerprint density at radius 2 is 1.96 bits per heavy atom. The molecule has 0 saturated carbocycles. The molecule has 4 rings (SSSR count). The molecule has 0 aliphatic rings. The van der Waals surface area contributed by atoms with Crippen LogP contribution >= 0.6 is 34.5 Å². The Hall–Kier alpha value is -2.18. The van der Waals surface area contributed by atoms with Crippen LogP contribution < -0.4 is 0 Å². The normalized spacial score (nSPS) is 12.3. The number of halogens is 3. The van der Waals surface area contributed by atoms with Gasteiger partial charge in [0.25, 0.3) is 0 Å². The van der Waals surface area contributed by atoms with Crippen LogP contribution in [-0.2, 0) is 7.05 Å². The van der Waals surface area contributed by atoms with Crippen LogP contribution in [0, 0.1) is 5.82 Å². The van der Waals surface area contributed by atoms with Gasteiger partial charge in [0.05, 0.1) is 10.0 Å². The molecule has 0 radical (unpaired) electrons. The van der Waals surface area contributed by atoms with Crippen molar-refractivity contribution >= 4 is 34.5 Å². The minimum Gasteiger partial charge on any atom is -0.383 e. The van der Waals surface area contributed by atoms with E-state index in [2.05, 4.69) is 4.98 Å². The van der Waals surface area contributed by atoms with Gasteiger partial charge in [0.15, 0.2) is 0 Å². The fraction of sp³-hybridized carbons (Fsp3) is 0.0952. The van der Waals surface area contributed by atoms with Crippen molar-refractivity contribution in [1.29, 1.82) is 0 Å². The second kappa shape index (κ2) is 7.68. The molecule has 3 nitrogen and oxygen atoms in total. The summed E-state index contributed by atoms with van der Waals surface area (Å²) in [5.74, 6) is -0.455. The van der Waals surface area contributed by atoms with Crippen LogP contribution in [-0.4, -0.2) is 14.7 Å². The van der Waals surface area contributed by atoms with Crippen LogP contribution in [0.4, 0.5) is 4.39 Å². The summed E-state index contributed by atoms with van der Waals surface area (Å²) in [6.45, 7) is 0. The van der Waals surface area contributed by atoms with E-state index in [1.807, 2.05) is 23.9 Å². The molecule has 0 aliphatic heterocycles. The predicted octanol–water partition coefficient (Wildman–Crippen LogP) is 6.34. The molecule has 3 aromatic heterocycles. The van der Waals surface area contributed by atoms with Crippen molar-refractivity contribution in [3.63, 3.8) is 0 Å². The molecule has 28 heavy (non-hydrogen) atoms. The lowest BCUT2D eigenvalue weighted by Crippen LogP contribution is -2.04. The Morgan fingerprint density at radius 1 is 1.14 bits per heavy atom. The van der Waals surface area contributed by atoms with Gasteiger partial charge in [-0.3, -0.25) is 4.98 Å². The summed E-state index contributed by atoms with van der Waals surface area (Å²) in [5.41, 5.74) is 2.94. The van der Waals surface area contributed by atoms with E-state index >= 15 is 0 Å². The highest BCUT2D eigenvalue weighted by molar-refractivity contribution is 7.19. The maximum Gasteiger partial charge on any atom is 0.134 e. The van der Waals surface area contributed by atoms with E-state index in [0.29, 0.717) is 31.7 Å². The average Bonchev–Trinajstić information content (AvgIpc) is 3.25. The standard InChI is InChI=1S/C21H15Cl2FN2OS/c1-26-11-15(17-6-7-18(23)28-17)19(21(27)12-3-2-8-25-10-12)20(26)14-5-4-13(22)9-16(14)24/h2-11,21,27H,1H3. The van der Waals surface area contributed by atoms with Crippen molar-refractivity contribution in [2.75, 3.05) is 0 Å². The molecule has 1 unspecified atom stereocenters. The quantitative estimate of drug-likeness (QED) is 0.408. The van der Waals surface area contributed by atoms with Gasteiger partial charge in [0.1, 0.15) is 11.9 Å². The molecule has 0 saturated heterocycles. The maximum absolute atomic E-state index is 14.8. The molecule has 4 aromatic rings. The molecular formula is C21H15Cl2FN2OS. The number of aliphatic hydroxyl groups is 1. The summed E-state index contributed by atoms with van der Waals surface area (Å²) in [4.78, 5) is 4.99. The van der Waals surface area contributed by atoms with E-state index in [4.69, 9.17) is 23.2 Å². The Morgan fingerprint density at radius 3 is 2.61 bits per heavy atom. The molecule has 0 fully saturated rings. The van der Waals surface area contributed by atoms with Crippen LogP contribution in [0.25, 0.3) is 21.7 Å². The Balaban J connectivity index is 1.99. The smallest absolute Gasteiger partial charge is 0.134 e. The topological polar surface area (TPSA) is 38.0 Å². The number of benzene rings is 1. The van der Waals surface area contributed by atoms with Gasteiger partial charge < -0.3 is 9.67 Å². The lowest BCUT2D eigenvalue weighted by molar-refractivity contribution is 0.221. The third-order valence-corrected chi connectivity index (χ3v) is 6.02. The first-order chi connectivity index (χ1) is 13.5. The van der Waals surface area contributed by atoms with Crippen LogP contribution in [0.5, 0.6) is 0 Å². The average molecular weight is 433 g/mol. The van der Waals surface area contributed by atoms with Gasteiger partial charge in [-0.2, -0.15) is 0 Å². The van der Waals surface area contributed by atoms with Gasteiger partial charge in [0.2, 0.25) is 0 Å². The van der Waals surface area contributed by atoms with Crippen LogP contribution in [0.3, 0.4) is 0 Å². The molecule has 7 heteroatoms. The predicted molar refractivity (Wildman–Crippen MR) is 112 cm³/mol. The largest absolute Gasteiger partial charge is 0.383 e. The molecule has 1 aromatic carbocycles. The van der Waals surface area contributed by atoms with Gasteiger partial charge in [-0.15, -0.1) is 11.3 Å². The third-order valence-electron chi connectivity index (χ3n) is 4.52. The summed E-state index contributed by atoms with van der Waals surface area (Å²) in [6.07, 6.45) is 4.13. The number of rotatable bonds is 4. The molecule has 0 bridgehead atoms. The molecule has 142 valence electrons. The number of hydrogen-bond donors (Lipinski definition) is 1. The highest BCUT2D eigenvalue weighted by atomic mass is 35.5. The van der Waals surface area contributed by atoms with E-state index in [1.54, 1.807) is 42.7 Å². The van der Waals surface area contributed by atoms with E-state index in [9.17, 15) is 9.50 Å². The second-order valence-corrected chi connectivity index (χ2v) is 8.48. The lowest BCUT2D eigenvalue weighted by atomic mass is 9.95. The summed E-state index contributed by atoms with van der Waals surface area (Å²) in [5, 5.41) is 11.5. The zero-order valence-electron chi connectivity index (χ0n) is 14.7. The molecule has 0 amide bonds. The van der Waals surface area contributed by atoms with E-state index in [1.165, 1.54) is 17.4 Å². The van der Waals surface area contributed by atoms with Crippen LogP contribution in [0.1, 0.15) is 17.2 Å². The number of aryl methyl sites for hydroxylation is 1. The fourth-order valence-corrected chi connectivity index (χ4v) is 4.52.